The van der Waals surface area contributed by atoms with Crippen molar-refractivity contribution in [2.75, 3.05) is 0 Å². The highest BCUT2D eigenvalue weighted by Gasteiger charge is 2.46. The van der Waals surface area contributed by atoms with Crippen LogP contribution in [0.5, 0.6) is 0 Å². The summed E-state index contributed by atoms with van der Waals surface area (Å²) in [4.78, 5) is 0. The predicted octanol–water partition coefficient (Wildman–Crippen LogP) is 3.83. The SMILES string of the molecule is C=C1[N+]2=C(C=CC(C)(N)C=C2)C2=CCCC=C2C1(C)CC. The van der Waals surface area contributed by atoms with Gasteiger partial charge in [-0.25, -0.2) is 0 Å². The lowest BCUT2D eigenvalue weighted by Gasteiger charge is -2.36. The van der Waals surface area contributed by atoms with Crippen molar-refractivity contribution in [2.24, 2.45) is 11.1 Å². The summed E-state index contributed by atoms with van der Waals surface area (Å²) in [6.07, 6.45) is 16.4. The Morgan fingerprint density at radius 3 is 2.67 bits per heavy atom. The Bertz CT molecular complexity index is 653. The average Bonchev–Trinajstić information content (AvgIpc) is 2.63. The van der Waals surface area contributed by atoms with Gasteiger partial charge in [0.05, 0.1) is 11.0 Å². The largest absolute Gasteiger partial charge is 0.319 e. The summed E-state index contributed by atoms with van der Waals surface area (Å²) in [5.74, 6) is 0. The Morgan fingerprint density at radius 1 is 1.24 bits per heavy atom. The van der Waals surface area contributed by atoms with Crippen molar-refractivity contribution in [2.45, 2.75) is 45.6 Å². The number of hydrogen-bond acceptors (Lipinski definition) is 1. The average molecular weight is 281 g/mol. The molecule has 0 aromatic carbocycles. The van der Waals surface area contributed by atoms with Gasteiger partial charge in [0.1, 0.15) is 0 Å². The zero-order valence-corrected chi connectivity index (χ0v) is 13.3. The van der Waals surface area contributed by atoms with Crippen molar-refractivity contribution in [3.05, 3.63) is 60.0 Å². The molecule has 0 saturated carbocycles. The van der Waals surface area contributed by atoms with E-state index in [0.29, 0.717) is 0 Å². The maximum Gasteiger partial charge on any atom is 0.217 e. The van der Waals surface area contributed by atoms with Gasteiger partial charge in [-0.15, -0.1) is 0 Å². The van der Waals surface area contributed by atoms with E-state index in [1.807, 2.05) is 6.92 Å². The fraction of sp³-hybridized carbons (Fsp3) is 0.421. The lowest BCUT2D eigenvalue weighted by atomic mass is 9.68. The van der Waals surface area contributed by atoms with Gasteiger partial charge in [0.15, 0.2) is 11.9 Å². The van der Waals surface area contributed by atoms with Gasteiger partial charge in [-0.1, -0.05) is 25.2 Å². The molecule has 0 saturated heterocycles. The van der Waals surface area contributed by atoms with Crippen LogP contribution in [0.25, 0.3) is 0 Å². The van der Waals surface area contributed by atoms with Gasteiger partial charge in [0.2, 0.25) is 5.71 Å². The Morgan fingerprint density at radius 2 is 1.95 bits per heavy atom. The first-order valence-corrected chi connectivity index (χ1v) is 7.83. The predicted molar refractivity (Wildman–Crippen MR) is 89.1 cm³/mol. The molecule has 21 heavy (non-hydrogen) atoms. The first-order valence-electron chi connectivity index (χ1n) is 7.83. The second-order valence-corrected chi connectivity index (χ2v) is 6.72. The second kappa shape index (κ2) is 4.67. The lowest BCUT2D eigenvalue weighted by molar-refractivity contribution is -0.416. The van der Waals surface area contributed by atoms with Gasteiger partial charge >= 0.3 is 0 Å². The summed E-state index contributed by atoms with van der Waals surface area (Å²) in [6, 6.07) is 0. The van der Waals surface area contributed by atoms with Crippen LogP contribution in [0.2, 0.25) is 0 Å². The summed E-state index contributed by atoms with van der Waals surface area (Å²) in [6.45, 7) is 11.0. The van der Waals surface area contributed by atoms with E-state index in [1.54, 1.807) is 0 Å². The molecule has 0 amide bonds. The van der Waals surface area contributed by atoms with Crippen LogP contribution in [0.1, 0.15) is 40.0 Å². The van der Waals surface area contributed by atoms with Crippen molar-refractivity contribution in [3.8, 4) is 0 Å². The molecule has 2 N–H and O–H groups in total. The summed E-state index contributed by atoms with van der Waals surface area (Å²) < 4.78 is 2.23. The maximum atomic E-state index is 6.27. The lowest BCUT2D eigenvalue weighted by Crippen LogP contribution is -2.37. The van der Waals surface area contributed by atoms with E-state index in [-0.39, 0.29) is 5.41 Å². The van der Waals surface area contributed by atoms with Gasteiger partial charge in [-0.3, -0.25) is 0 Å². The molecular formula is C19H25N2+. The first-order chi connectivity index (χ1) is 9.89. The minimum Gasteiger partial charge on any atom is -0.319 e. The van der Waals surface area contributed by atoms with E-state index < -0.39 is 5.54 Å². The Balaban J connectivity index is 2.25. The fourth-order valence-corrected chi connectivity index (χ4v) is 3.42. The minimum absolute atomic E-state index is 0.00325. The van der Waals surface area contributed by atoms with Gasteiger partial charge in [0, 0.05) is 17.7 Å². The summed E-state index contributed by atoms with van der Waals surface area (Å²) in [5.41, 5.74) is 11.0. The monoisotopic (exact) mass is 281 g/mol. The van der Waals surface area contributed by atoms with Gasteiger partial charge < -0.3 is 5.73 Å². The molecule has 3 rings (SSSR count). The molecule has 2 heteroatoms. The molecule has 2 nitrogen and oxygen atoms in total. The quantitative estimate of drug-likeness (QED) is 0.727. The van der Waals surface area contributed by atoms with Gasteiger partial charge in [0.25, 0.3) is 0 Å². The van der Waals surface area contributed by atoms with Crippen LogP contribution >= 0.6 is 0 Å². The molecule has 2 heterocycles. The van der Waals surface area contributed by atoms with Crippen molar-refractivity contribution in [1.82, 2.24) is 0 Å². The van der Waals surface area contributed by atoms with Crippen LogP contribution in [-0.2, 0) is 0 Å². The number of nitrogens with two attached hydrogens (primary N) is 1. The van der Waals surface area contributed by atoms with E-state index in [4.69, 9.17) is 5.73 Å². The van der Waals surface area contributed by atoms with Crippen LogP contribution in [0, 0.1) is 5.41 Å². The summed E-state index contributed by atoms with van der Waals surface area (Å²) in [7, 11) is 0. The standard InChI is InChI=1S/C19H25N2/c1-5-19(4)14(2)21-13-12-18(3,20)11-10-17(21)15-8-6-7-9-16(15)19/h8-13H,2,5-7,20H2,1,3-4H3/q+1. The number of rotatable bonds is 1. The molecule has 2 aliphatic heterocycles. The van der Waals surface area contributed by atoms with Crippen LogP contribution in [0.3, 0.4) is 0 Å². The molecule has 0 radical (unpaired) electrons. The third kappa shape index (κ3) is 2.09. The van der Waals surface area contributed by atoms with Crippen molar-refractivity contribution < 1.29 is 4.58 Å². The zero-order valence-electron chi connectivity index (χ0n) is 13.3. The van der Waals surface area contributed by atoms with Crippen LogP contribution in [0.15, 0.2) is 60.0 Å². The van der Waals surface area contributed by atoms with E-state index in [0.717, 1.165) is 25.0 Å². The minimum atomic E-state index is -0.410. The maximum absolute atomic E-state index is 6.27. The summed E-state index contributed by atoms with van der Waals surface area (Å²) in [5, 5.41) is 0. The Labute approximate surface area is 127 Å². The molecule has 2 atom stereocenters. The highest BCUT2D eigenvalue weighted by Crippen LogP contribution is 2.47. The van der Waals surface area contributed by atoms with E-state index in [1.165, 1.54) is 16.9 Å². The third-order valence-electron chi connectivity index (χ3n) is 5.10. The second-order valence-electron chi connectivity index (χ2n) is 6.72. The molecule has 0 fully saturated rings. The Kier molecular flexibility index (Phi) is 3.18. The van der Waals surface area contributed by atoms with E-state index in [9.17, 15) is 0 Å². The number of allylic oxidation sites excluding steroid dienone is 5. The smallest absolute Gasteiger partial charge is 0.217 e. The molecule has 1 aliphatic carbocycles. The van der Waals surface area contributed by atoms with Gasteiger partial charge in [-0.2, -0.15) is 4.58 Å². The molecular weight excluding hydrogens is 256 g/mol. The summed E-state index contributed by atoms with van der Waals surface area (Å²) >= 11 is 0. The van der Waals surface area contributed by atoms with Crippen LogP contribution in [0.4, 0.5) is 0 Å². The van der Waals surface area contributed by atoms with Crippen molar-refractivity contribution in [3.63, 3.8) is 0 Å². The third-order valence-corrected chi connectivity index (χ3v) is 5.10. The highest BCUT2D eigenvalue weighted by molar-refractivity contribution is 6.10. The Hall–Kier alpha value is -1.67. The number of hydrogen-bond donors (Lipinski definition) is 1. The van der Waals surface area contributed by atoms with E-state index >= 15 is 0 Å². The van der Waals surface area contributed by atoms with E-state index in [2.05, 4.69) is 61.6 Å². The molecule has 2 unspecified atom stereocenters. The van der Waals surface area contributed by atoms with Crippen LogP contribution < -0.4 is 5.73 Å². The first kappa shape index (κ1) is 14.3. The van der Waals surface area contributed by atoms with Crippen molar-refractivity contribution in [1.29, 1.82) is 0 Å². The number of nitrogens with zero attached hydrogens (tertiary/aromatic N) is 1. The highest BCUT2D eigenvalue weighted by atomic mass is 15.0. The molecule has 3 aliphatic rings. The van der Waals surface area contributed by atoms with Gasteiger partial charge in [-0.05, 0) is 45.3 Å². The van der Waals surface area contributed by atoms with Crippen molar-refractivity contribution >= 4 is 5.71 Å². The fourth-order valence-electron chi connectivity index (χ4n) is 3.42. The topological polar surface area (TPSA) is 29.0 Å². The molecule has 0 aromatic heterocycles. The number of fused-ring (bicyclic) bond motifs is 2. The molecule has 0 spiro atoms. The van der Waals surface area contributed by atoms with Crippen LogP contribution in [-0.4, -0.2) is 15.8 Å². The zero-order chi connectivity index (χ0) is 15.3. The molecule has 0 bridgehead atoms. The normalized spacial score (nSPS) is 35.0. The molecule has 0 aromatic rings. The molecule has 110 valence electrons.